The Labute approximate surface area is 72.3 Å². The predicted molar refractivity (Wildman–Crippen MR) is 42.1 cm³/mol. The van der Waals surface area contributed by atoms with E-state index < -0.39 is 10.8 Å². The first-order valence-electron chi connectivity index (χ1n) is 3.27. The minimum atomic E-state index is -0.747. The Balaban J connectivity index is 3.05. The van der Waals surface area contributed by atoms with Gasteiger partial charge in [-0.25, -0.2) is 0 Å². The summed E-state index contributed by atoms with van der Waals surface area (Å²) in [5.41, 5.74) is -0.184. The molecular formula is C7H5FN2O3. The van der Waals surface area contributed by atoms with E-state index in [0.29, 0.717) is 0 Å². The van der Waals surface area contributed by atoms with Crippen molar-refractivity contribution in [3.05, 3.63) is 39.9 Å². The number of nitro groups is 1. The summed E-state index contributed by atoms with van der Waals surface area (Å²) >= 11 is 0. The highest BCUT2D eigenvalue weighted by atomic mass is 19.3. The van der Waals surface area contributed by atoms with Gasteiger partial charge in [-0.2, -0.15) is 0 Å². The minimum absolute atomic E-state index is 0.0247. The molecule has 0 aliphatic rings. The molecule has 1 aromatic carbocycles. The highest BCUT2D eigenvalue weighted by molar-refractivity contribution is 5.91. The smallest absolute Gasteiger partial charge is 0.270 e. The van der Waals surface area contributed by atoms with Crippen molar-refractivity contribution >= 4 is 11.6 Å². The van der Waals surface area contributed by atoms with Gasteiger partial charge in [0.15, 0.2) is 0 Å². The lowest BCUT2D eigenvalue weighted by molar-refractivity contribution is -0.384. The molecule has 0 amide bonds. The van der Waals surface area contributed by atoms with Crippen LogP contribution in [0.4, 0.5) is 10.2 Å². The van der Waals surface area contributed by atoms with Crippen LogP contribution in [0.3, 0.4) is 0 Å². The largest absolute Gasteiger partial charge is 0.274 e. The van der Waals surface area contributed by atoms with Gasteiger partial charge in [0, 0.05) is 22.2 Å². The third-order valence-electron chi connectivity index (χ3n) is 1.40. The van der Waals surface area contributed by atoms with E-state index in [9.17, 15) is 14.6 Å². The van der Waals surface area contributed by atoms with Crippen LogP contribution < -0.4 is 0 Å². The molecule has 1 rings (SSSR count). The van der Waals surface area contributed by atoms with Gasteiger partial charge in [0.2, 0.25) is 0 Å². The van der Waals surface area contributed by atoms with Crippen LogP contribution in [0.5, 0.6) is 0 Å². The fourth-order valence-electron chi connectivity index (χ4n) is 0.805. The van der Waals surface area contributed by atoms with Crippen LogP contribution in [0, 0.1) is 15.5 Å². The molecule has 0 fully saturated rings. The number of nitrogens with zero attached hydrogens (tertiary/aromatic N) is 1. The number of nitro benzene ring substituents is 1. The van der Waals surface area contributed by atoms with Crippen LogP contribution in [-0.4, -0.2) is 10.8 Å². The molecule has 0 saturated carbocycles. The summed E-state index contributed by atoms with van der Waals surface area (Å²) in [6.07, 6.45) is 0. The number of rotatable bonds is 2. The topological polar surface area (TPSA) is 76.2 Å². The summed E-state index contributed by atoms with van der Waals surface area (Å²) in [5, 5.41) is 17.2. The standard InChI is InChI=1S/C7H5FN2O3/c8-13-7(9)5-2-1-3-6(4-5)10(11)12/h1-4,9H. The zero-order chi connectivity index (χ0) is 9.84. The Hall–Kier alpha value is -1.98. The van der Waals surface area contributed by atoms with Gasteiger partial charge >= 0.3 is 0 Å². The second-order valence-electron chi connectivity index (χ2n) is 2.21. The molecule has 68 valence electrons. The lowest BCUT2D eigenvalue weighted by atomic mass is 10.2. The molecule has 0 saturated heterocycles. The van der Waals surface area contributed by atoms with Gasteiger partial charge in [-0.05, 0) is 6.07 Å². The van der Waals surface area contributed by atoms with Crippen molar-refractivity contribution in [2.45, 2.75) is 0 Å². The van der Waals surface area contributed by atoms with Crippen molar-refractivity contribution in [1.82, 2.24) is 0 Å². The predicted octanol–water partition coefficient (Wildman–Crippen LogP) is 1.82. The lowest BCUT2D eigenvalue weighted by Crippen LogP contribution is -1.99. The molecule has 6 heteroatoms. The van der Waals surface area contributed by atoms with Gasteiger partial charge in [-0.3, -0.25) is 20.5 Å². The van der Waals surface area contributed by atoms with Crippen molar-refractivity contribution in [3.8, 4) is 0 Å². The van der Waals surface area contributed by atoms with Gasteiger partial charge < -0.3 is 0 Å². The average molecular weight is 184 g/mol. The van der Waals surface area contributed by atoms with Gasteiger partial charge in [0.05, 0.1) is 4.92 Å². The van der Waals surface area contributed by atoms with Crippen LogP contribution in [0.1, 0.15) is 5.56 Å². The first-order chi connectivity index (χ1) is 6.15. The van der Waals surface area contributed by atoms with E-state index in [4.69, 9.17) is 5.41 Å². The summed E-state index contributed by atoms with van der Waals surface area (Å²) in [7, 11) is 0. The van der Waals surface area contributed by atoms with E-state index in [1.165, 1.54) is 18.2 Å². The highest BCUT2D eigenvalue weighted by Crippen LogP contribution is 2.13. The van der Waals surface area contributed by atoms with Crippen LogP contribution in [0.2, 0.25) is 0 Å². The van der Waals surface area contributed by atoms with Crippen LogP contribution in [-0.2, 0) is 4.94 Å². The maximum absolute atomic E-state index is 11.5. The zero-order valence-corrected chi connectivity index (χ0v) is 6.36. The number of halogens is 1. The summed E-state index contributed by atoms with van der Waals surface area (Å²) in [5.74, 6) is -0.747. The SMILES string of the molecule is N=C(OF)c1cccc([N+](=O)[O-])c1. The first-order valence-corrected chi connectivity index (χ1v) is 3.27. The lowest BCUT2D eigenvalue weighted by Gasteiger charge is -1.96. The Bertz CT molecular complexity index is 353. The Morgan fingerprint density at radius 1 is 1.62 bits per heavy atom. The van der Waals surface area contributed by atoms with E-state index in [1.807, 2.05) is 0 Å². The molecule has 0 spiro atoms. The van der Waals surface area contributed by atoms with E-state index in [0.717, 1.165) is 6.07 Å². The van der Waals surface area contributed by atoms with Gasteiger partial charge in [0.25, 0.3) is 11.6 Å². The molecule has 0 aliphatic carbocycles. The van der Waals surface area contributed by atoms with E-state index in [1.54, 1.807) is 0 Å². The number of non-ortho nitro benzene ring substituents is 1. The normalized spacial score (nSPS) is 9.31. The first kappa shape index (κ1) is 9.11. The van der Waals surface area contributed by atoms with Crippen molar-refractivity contribution < 1.29 is 14.4 Å². The molecule has 0 bridgehead atoms. The number of hydrogen-bond acceptors (Lipinski definition) is 4. The minimum Gasteiger partial charge on any atom is -0.274 e. The molecule has 1 aromatic rings. The molecule has 0 aromatic heterocycles. The van der Waals surface area contributed by atoms with Crippen molar-refractivity contribution in [2.75, 3.05) is 0 Å². The van der Waals surface area contributed by atoms with Crippen molar-refractivity contribution in [3.63, 3.8) is 0 Å². The fourth-order valence-corrected chi connectivity index (χ4v) is 0.805. The van der Waals surface area contributed by atoms with Crippen LogP contribution in [0.15, 0.2) is 24.3 Å². The molecule has 0 heterocycles. The molecule has 0 radical (unpaired) electrons. The summed E-state index contributed by atoms with van der Waals surface area (Å²) < 4.78 is 11.5. The number of benzene rings is 1. The fraction of sp³-hybridized carbons (Fsp3) is 0. The van der Waals surface area contributed by atoms with Crippen LogP contribution >= 0.6 is 0 Å². The number of hydrogen-bond donors (Lipinski definition) is 1. The summed E-state index contributed by atoms with van der Waals surface area (Å²) in [6, 6.07) is 4.99. The highest BCUT2D eigenvalue weighted by Gasteiger charge is 2.09. The maximum Gasteiger partial charge on any atom is 0.270 e. The van der Waals surface area contributed by atoms with Crippen molar-refractivity contribution in [1.29, 1.82) is 5.41 Å². The monoisotopic (exact) mass is 184 g/mol. The molecule has 13 heavy (non-hydrogen) atoms. The third-order valence-corrected chi connectivity index (χ3v) is 1.40. The van der Waals surface area contributed by atoms with E-state index >= 15 is 0 Å². The Kier molecular flexibility index (Phi) is 2.53. The molecular weight excluding hydrogens is 179 g/mol. The molecule has 0 aliphatic heterocycles. The van der Waals surface area contributed by atoms with Crippen LogP contribution in [0.25, 0.3) is 0 Å². The summed E-state index contributed by atoms with van der Waals surface area (Å²) in [6.45, 7) is 0. The number of nitrogens with one attached hydrogen (secondary N) is 1. The Morgan fingerprint density at radius 3 is 2.85 bits per heavy atom. The third kappa shape index (κ3) is 1.98. The molecule has 0 unspecified atom stereocenters. The maximum atomic E-state index is 11.5. The average Bonchev–Trinajstić information content (AvgIpc) is 2.17. The summed E-state index contributed by atoms with van der Waals surface area (Å²) in [4.78, 5) is 12.8. The van der Waals surface area contributed by atoms with E-state index in [-0.39, 0.29) is 11.3 Å². The van der Waals surface area contributed by atoms with Gasteiger partial charge in [0.1, 0.15) is 0 Å². The van der Waals surface area contributed by atoms with Gasteiger partial charge in [-0.15, -0.1) is 0 Å². The molecule has 0 atom stereocenters. The zero-order valence-electron chi connectivity index (χ0n) is 6.36. The molecule has 1 N–H and O–H groups in total. The van der Waals surface area contributed by atoms with Gasteiger partial charge in [-0.1, -0.05) is 6.07 Å². The van der Waals surface area contributed by atoms with E-state index in [2.05, 4.69) is 4.94 Å². The second kappa shape index (κ2) is 3.61. The Morgan fingerprint density at radius 2 is 2.31 bits per heavy atom. The van der Waals surface area contributed by atoms with Crippen molar-refractivity contribution in [2.24, 2.45) is 0 Å². The second-order valence-corrected chi connectivity index (χ2v) is 2.21. The molecule has 5 nitrogen and oxygen atoms in total. The quantitative estimate of drug-likeness (QED) is 0.329.